The molecule has 4 nitrogen and oxygen atoms in total. The van der Waals surface area contributed by atoms with Gasteiger partial charge in [0.1, 0.15) is 0 Å². The lowest BCUT2D eigenvalue weighted by Gasteiger charge is -2.33. The Morgan fingerprint density at radius 3 is 3.00 bits per heavy atom. The molecule has 0 radical (unpaired) electrons. The first-order chi connectivity index (χ1) is 6.69. The van der Waals surface area contributed by atoms with Crippen LogP contribution in [0.5, 0.6) is 0 Å². The zero-order valence-corrected chi connectivity index (χ0v) is 9.03. The lowest BCUT2D eigenvalue weighted by molar-refractivity contribution is -0.136. The number of hydrogen-bond acceptors (Lipinski definition) is 3. The molecule has 1 saturated heterocycles. The monoisotopic (exact) mass is 200 g/mol. The summed E-state index contributed by atoms with van der Waals surface area (Å²) < 4.78 is 5.25. The summed E-state index contributed by atoms with van der Waals surface area (Å²) in [5.41, 5.74) is 5.70. The summed E-state index contributed by atoms with van der Waals surface area (Å²) in [6.07, 6.45) is 2.95. The molecule has 0 aromatic carbocycles. The van der Waals surface area contributed by atoms with Gasteiger partial charge in [0.15, 0.2) is 0 Å². The van der Waals surface area contributed by atoms with E-state index in [1.54, 1.807) is 7.11 Å². The standard InChI is InChI=1S/C10H20N2O2/c1-3-9(11)10(13)12-6-4-5-8(7-12)14-2/h8-9H,3-7,11H2,1-2H3/t8?,9-/m1/s1. The van der Waals surface area contributed by atoms with Crippen molar-refractivity contribution in [3.8, 4) is 0 Å². The second kappa shape index (κ2) is 5.32. The van der Waals surface area contributed by atoms with E-state index < -0.39 is 0 Å². The third-order valence-corrected chi connectivity index (χ3v) is 2.78. The van der Waals surface area contributed by atoms with E-state index in [1.807, 2.05) is 11.8 Å². The van der Waals surface area contributed by atoms with E-state index in [-0.39, 0.29) is 18.1 Å². The summed E-state index contributed by atoms with van der Waals surface area (Å²) in [5.74, 6) is 0.0641. The van der Waals surface area contributed by atoms with Crippen molar-refractivity contribution >= 4 is 5.91 Å². The fourth-order valence-electron chi connectivity index (χ4n) is 1.74. The molecule has 0 spiro atoms. The number of rotatable bonds is 3. The smallest absolute Gasteiger partial charge is 0.239 e. The first kappa shape index (κ1) is 11.5. The van der Waals surface area contributed by atoms with Gasteiger partial charge in [-0.15, -0.1) is 0 Å². The normalized spacial score (nSPS) is 24.8. The van der Waals surface area contributed by atoms with Gasteiger partial charge in [-0.25, -0.2) is 0 Å². The van der Waals surface area contributed by atoms with Gasteiger partial charge in [-0.05, 0) is 19.3 Å². The minimum Gasteiger partial charge on any atom is -0.380 e. The zero-order valence-electron chi connectivity index (χ0n) is 9.03. The van der Waals surface area contributed by atoms with Gasteiger partial charge >= 0.3 is 0 Å². The maximum absolute atomic E-state index is 11.7. The molecule has 4 heteroatoms. The number of amides is 1. The van der Waals surface area contributed by atoms with Crippen LogP contribution in [0.1, 0.15) is 26.2 Å². The summed E-state index contributed by atoms with van der Waals surface area (Å²) in [6, 6.07) is -0.342. The van der Waals surface area contributed by atoms with Gasteiger partial charge in [-0.2, -0.15) is 0 Å². The van der Waals surface area contributed by atoms with E-state index in [9.17, 15) is 4.79 Å². The van der Waals surface area contributed by atoms with Crippen LogP contribution in [0.4, 0.5) is 0 Å². The molecular weight excluding hydrogens is 180 g/mol. The third-order valence-electron chi connectivity index (χ3n) is 2.78. The quantitative estimate of drug-likeness (QED) is 0.715. The molecule has 0 aromatic heterocycles. The van der Waals surface area contributed by atoms with Crippen LogP contribution < -0.4 is 5.73 Å². The molecule has 14 heavy (non-hydrogen) atoms. The van der Waals surface area contributed by atoms with Crippen LogP contribution in [-0.4, -0.2) is 43.2 Å². The van der Waals surface area contributed by atoms with E-state index in [0.717, 1.165) is 19.4 Å². The minimum absolute atomic E-state index is 0.0641. The predicted molar refractivity (Wildman–Crippen MR) is 54.9 cm³/mol. The predicted octanol–water partition coefficient (Wildman–Crippen LogP) is 0.361. The van der Waals surface area contributed by atoms with Crippen LogP contribution in [-0.2, 0) is 9.53 Å². The van der Waals surface area contributed by atoms with Crippen molar-refractivity contribution in [1.29, 1.82) is 0 Å². The molecule has 2 atom stereocenters. The Bertz CT molecular complexity index is 197. The van der Waals surface area contributed by atoms with Crippen molar-refractivity contribution in [1.82, 2.24) is 4.90 Å². The largest absolute Gasteiger partial charge is 0.380 e. The lowest BCUT2D eigenvalue weighted by Crippen LogP contribution is -2.49. The van der Waals surface area contributed by atoms with Gasteiger partial charge in [0, 0.05) is 20.2 Å². The molecule has 2 N–H and O–H groups in total. The van der Waals surface area contributed by atoms with Crippen LogP contribution in [0.25, 0.3) is 0 Å². The minimum atomic E-state index is -0.342. The molecule has 0 saturated carbocycles. The molecular formula is C10H20N2O2. The Kier molecular flexibility index (Phi) is 4.35. The van der Waals surface area contributed by atoms with Gasteiger partial charge < -0.3 is 15.4 Å². The SMILES string of the molecule is CC[C@@H](N)C(=O)N1CCCC(OC)C1. The Morgan fingerprint density at radius 2 is 2.43 bits per heavy atom. The van der Waals surface area contributed by atoms with E-state index in [1.165, 1.54) is 0 Å². The van der Waals surface area contributed by atoms with Crippen LogP contribution in [0.15, 0.2) is 0 Å². The van der Waals surface area contributed by atoms with Gasteiger partial charge in [0.05, 0.1) is 12.1 Å². The fraction of sp³-hybridized carbons (Fsp3) is 0.900. The Morgan fingerprint density at radius 1 is 1.71 bits per heavy atom. The molecule has 1 aliphatic heterocycles. The van der Waals surface area contributed by atoms with E-state index in [4.69, 9.17) is 10.5 Å². The van der Waals surface area contributed by atoms with Gasteiger partial charge in [0.25, 0.3) is 0 Å². The summed E-state index contributed by atoms with van der Waals surface area (Å²) in [6.45, 7) is 3.45. The van der Waals surface area contributed by atoms with Crippen LogP contribution in [0.3, 0.4) is 0 Å². The van der Waals surface area contributed by atoms with E-state index in [0.29, 0.717) is 13.0 Å². The summed E-state index contributed by atoms with van der Waals surface area (Å²) in [7, 11) is 1.69. The summed E-state index contributed by atoms with van der Waals surface area (Å²) >= 11 is 0. The Labute approximate surface area is 85.4 Å². The fourth-order valence-corrected chi connectivity index (χ4v) is 1.74. The molecule has 0 aliphatic carbocycles. The first-order valence-electron chi connectivity index (χ1n) is 5.26. The number of carbonyl (C=O) groups excluding carboxylic acids is 1. The van der Waals surface area contributed by atoms with E-state index >= 15 is 0 Å². The van der Waals surface area contributed by atoms with Gasteiger partial charge in [-0.1, -0.05) is 6.92 Å². The number of nitrogens with two attached hydrogens (primary N) is 1. The van der Waals surface area contributed by atoms with Crippen molar-refractivity contribution in [2.45, 2.75) is 38.3 Å². The third kappa shape index (κ3) is 2.69. The highest BCUT2D eigenvalue weighted by molar-refractivity contribution is 5.81. The lowest BCUT2D eigenvalue weighted by atomic mass is 10.1. The topological polar surface area (TPSA) is 55.6 Å². The number of piperidine rings is 1. The van der Waals surface area contributed by atoms with Crippen LogP contribution in [0, 0.1) is 0 Å². The Balaban J connectivity index is 2.47. The van der Waals surface area contributed by atoms with Crippen LogP contribution >= 0.6 is 0 Å². The zero-order chi connectivity index (χ0) is 10.6. The highest BCUT2D eigenvalue weighted by atomic mass is 16.5. The second-order valence-electron chi connectivity index (χ2n) is 3.80. The van der Waals surface area contributed by atoms with Gasteiger partial charge in [0.2, 0.25) is 5.91 Å². The number of nitrogens with zero attached hydrogens (tertiary/aromatic N) is 1. The number of methoxy groups -OCH3 is 1. The molecule has 0 bridgehead atoms. The number of hydrogen-bond donors (Lipinski definition) is 1. The molecule has 1 fully saturated rings. The average Bonchev–Trinajstić information content (AvgIpc) is 2.27. The highest BCUT2D eigenvalue weighted by Crippen LogP contribution is 2.13. The maximum atomic E-state index is 11.7. The molecule has 1 unspecified atom stereocenters. The van der Waals surface area contributed by atoms with E-state index in [2.05, 4.69) is 0 Å². The average molecular weight is 200 g/mol. The van der Waals surface area contributed by atoms with Crippen molar-refractivity contribution in [3.05, 3.63) is 0 Å². The molecule has 1 rings (SSSR count). The number of ether oxygens (including phenoxy) is 1. The van der Waals surface area contributed by atoms with Crippen LogP contribution in [0.2, 0.25) is 0 Å². The summed E-state index contributed by atoms with van der Waals surface area (Å²) in [4.78, 5) is 13.6. The molecule has 1 heterocycles. The van der Waals surface area contributed by atoms with Gasteiger partial charge in [-0.3, -0.25) is 4.79 Å². The second-order valence-corrected chi connectivity index (χ2v) is 3.80. The van der Waals surface area contributed by atoms with Crippen molar-refractivity contribution in [2.24, 2.45) is 5.73 Å². The Hall–Kier alpha value is -0.610. The van der Waals surface area contributed by atoms with Crippen molar-refractivity contribution < 1.29 is 9.53 Å². The highest BCUT2D eigenvalue weighted by Gasteiger charge is 2.25. The molecule has 0 aromatic rings. The molecule has 82 valence electrons. The number of likely N-dealkylation sites (tertiary alicyclic amines) is 1. The molecule has 1 amide bonds. The number of carbonyl (C=O) groups is 1. The first-order valence-corrected chi connectivity index (χ1v) is 5.26. The summed E-state index contributed by atoms with van der Waals surface area (Å²) in [5, 5.41) is 0. The van der Waals surface area contributed by atoms with Crippen molar-refractivity contribution in [3.63, 3.8) is 0 Å². The molecule has 1 aliphatic rings. The van der Waals surface area contributed by atoms with Crippen molar-refractivity contribution in [2.75, 3.05) is 20.2 Å². The maximum Gasteiger partial charge on any atom is 0.239 e.